The molecule has 24 heavy (non-hydrogen) atoms. The maximum atomic E-state index is 11.9. The zero-order valence-corrected chi connectivity index (χ0v) is 14.6. The molecular weight excluding hydrogens is 334 g/mol. The maximum absolute atomic E-state index is 11.9. The van der Waals surface area contributed by atoms with Crippen molar-refractivity contribution in [2.24, 2.45) is 5.10 Å². The second-order valence-corrected chi connectivity index (χ2v) is 5.56. The van der Waals surface area contributed by atoms with Crippen LogP contribution in [0.1, 0.15) is 12.5 Å². The van der Waals surface area contributed by atoms with E-state index in [9.17, 15) is 4.79 Å². The van der Waals surface area contributed by atoms with Crippen molar-refractivity contribution in [2.45, 2.75) is 6.92 Å². The molecule has 0 radical (unpaired) electrons. The van der Waals surface area contributed by atoms with E-state index in [0.29, 0.717) is 48.5 Å². The highest BCUT2D eigenvalue weighted by Gasteiger charge is 2.14. The van der Waals surface area contributed by atoms with Gasteiger partial charge in [-0.05, 0) is 24.6 Å². The van der Waals surface area contributed by atoms with Crippen LogP contribution in [0.2, 0.25) is 5.02 Å². The van der Waals surface area contributed by atoms with Gasteiger partial charge in [-0.2, -0.15) is 5.10 Å². The number of ether oxygens (including phenoxy) is 3. The third kappa shape index (κ3) is 5.36. The molecule has 0 spiro atoms. The van der Waals surface area contributed by atoms with Gasteiger partial charge in [-0.1, -0.05) is 11.6 Å². The summed E-state index contributed by atoms with van der Waals surface area (Å²) in [5.74, 6) is 0.846. The number of carbonyl (C=O) groups is 1. The summed E-state index contributed by atoms with van der Waals surface area (Å²) in [5, 5.41) is 4.39. The summed E-state index contributed by atoms with van der Waals surface area (Å²) in [6.45, 7) is 5.48. The molecule has 0 bridgehead atoms. The standard InChI is InChI=1S/C16H22ClN3O4/c1-3-24-14-9-12(8-13(17)16(14)22-2)10-18-19-15(21)11-20-4-6-23-7-5-20/h8-10H,3-7,11H2,1-2H3,(H,19,21)/b18-10+. The number of hydrogen-bond donors (Lipinski definition) is 1. The highest BCUT2D eigenvalue weighted by molar-refractivity contribution is 6.32. The first-order valence-electron chi connectivity index (χ1n) is 7.76. The molecule has 0 unspecified atom stereocenters. The van der Waals surface area contributed by atoms with E-state index in [2.05, 4.69) is 10.5 Å². The van der Waals surface area contributed by atoms with Gasteiger partial charge in [-0.15, -0.1) is 0 Å². The van der Waals surface area contributed by atoms with E-state index >= 15 is 0 Å². The summed E-state index contributed by atoms with van der Waals surface area (Å²) in [5.41, 5.74) is 3.22. The Balaban J connectivity index is 1.94. The second kappa shape index (κ2) is 9.46. The number of nitrogens with one attached hydrogen (secondary N) is 1. The molecule has 7 nitrogen and oxygen atoms in total. The Bertz CT molecular complexity index is 589. The largest absolute Gasteiger partial charge is 0.491 e. The molecule has 1 aromatic rings. The third-order valence-electron chi connectivity index (χ3n) is 3.41. The first-order chi connectivity index (χ1) is 11.6. The third-order valence-corrected chi connectivity index (χ3v) is 3.69. The Kier molecular flexibility index (Phi) is 7.30. The average Bonchev–Trinajstić information content (AvgIpc) is 2.56. The predicted molar refractivity (Wildman–Crippen MR) is 92.2 cm³/mol. The van der Waals surface area contributed by atoms with Gasteiger partial charge in [0, 0.05) is 13.1 Å². The van der Waals surface area contributed by atoms with E-state index < -0.39 is 0 Å². The summed E-state index contributed by atoms with van der Waals surface area (Å²) in [7, 11) is 1.53. The fourth-order valence-electron chi connectivity index (χ4n) is 2.30. The van der Waals surface area contributed by atoms with Crippen LogP contribution < -0.4 is 14.9 Å². The summed E-state index contributed by atoms with van der Waals surface area (Å²) < 4.78 is 16.0. The highest BCUT2D eigenvalue weighted by Crippen LogP contribution is 2.35. The van der Waals surface area contributed by atoms with Crippen molar-refractivity contribution in [1.82, 2.24) is 10.3 Å². The van der Waals surface area contributed by atoms with Crippen LogP contribution in [0.25, 0.3) is 0 Å². The lowest BCUT2D eigenvalue weighted by molar-refractivity contribution is -0.123. The van der Waals surface area contributed by atoms with Crippen LogP contribution in [0.4, 0.5) is 0 Å². The minimum atomic E-state index is -0.169. The minimum Gasteiger partial charge on any atom is -0.491 e. The summed E-state index contributed by atoms with van der Waals surface area (Å²) in [4.78, 5) is 13.9. The van der Waals surface area contributed by atoms with Crippen molar-refractivity contribution in [2.75, 3.05) is 46.6 Å². The van der Waals surface area contributed by atoms with E-state index in [1.54, 1.807) is 12.1 Å². The van der Waals surface area contributed by atoms with Gasteiger partial charge in [0.1, 0.15) is 0 Å². The van der Waals surface area contributed by atoms with Gasteiger partial charge in [0.25, 0.3) is 5.91 Å². The second-order valence-electron chi connectivity index (χ2n) is 5.15. The smallest absolute Gasteiger partial charge is 0.254 e. The molecule has 0 atom stereocenters. The topological polar surface area (TPSA) is 72.4 Å². The van der Waals surface area contributed by atoms with Gasteiger partial charge >= 0.3 is 0 Å². The molecule has 1 amide bonds. The van der Waals surface area contributed by atoms with Crippen LogP contribution in [0.3, 0.4) is 0 Å². The zero-order chi connectivity index (χ0) is 17.4. The van der Waals surface area contributed by atoms with Crippen LogP contribution in [0, 0.1) is 0 Å². The Hall–Kier alpha value is -1.83. The number of halogens is 1. The number of carbonyl (C=O) groups excluding carboxylic acids is 1. The fraction of sp³-hybridized carbons (Fsp3) is 0.500. The van der Waals surface area contributed by atoms with Crippen LogP contribution >= 0.6 is 11.6 Å². The highest BCUT2D eigenvalue weighted by atomic mass is 35.5. The number of rotatable bonds is 7. The van der Waals surface area contributed by atoms with Crippen molar-refractivity contribution in [3.8, 4) is 11.5 Å². The number of hydrazone groups is 1. The number of amides is 1. The first kappa shape index (κ1) is 18.5. The van der Waals surface area contributed by atoms with E-state index in [1.165, 1.54) is 13.3 Å². The minimum absolute atomic E-state index is 0.169. The van der Waals surface area contributed by atoms with Crippen molar-refractivity contribution in [3.63, 3.8) is 0 Å². The predicted octanol–water partition coefficient (Wildman–Crippen LogP) is 1.53. The van der Waals surface area contributed by atoms with Crippen LogP contribution in [0.5, 0.6) is 11.5 Å². The first-order valence-corrected chi connectivity index (χ1v) is 8.14. The Morgan fingerprint density at radius 1 is 1.46 bits per heavy atom. The van der Waals surface area contributed by atoms with E-state index in [4.69, 9.17) is 25.8 Å². The van der Waals surface area contributed by atoms with Crippen molar-refractivity contribution < 1.29 is 19.0 Å². The lowest BCUT2D eigenvalue weighted by Gasteiger charge is -2.25. The number of benzene rings is 1. The number of morpholine rings is 1. The molecule has 132 valence electrons. The van der Waals surface area contributed by atoms with E-state index in [-0.39, 0.29) is 5.91 Å². The fourth-order valence-corrected chi connectivity index (χ4v) is 2.60. The number of methoxy groups -OCH3 is 1. The molecular formula is C16H22ClN3O4. The Morgan fingerprint density at radius 3 is 2.88 bits per heavy atom. The van der Waals surface area contributed by atoms with Crippen LogP contribution in [-0.4, -0.2) is 63.6 Å². The van der Waals surface area contributed by atoms with Gasteiger partial charge in [-0.25, -0.2) is 5.43 Å². The molecule has 1 fully saturated rings. The SMILES string of the molecule is CCOc1cc(/C=N/NC(=O)CN2CCOCC2)cc(Cl)c1OC. The molecule has 1 saturated heterocycles. The monoisotopic (exact) mass is 355 g/mol. The van der Waals surface area contributed by atoms with Gasteiger partial charge in [0.15, 0.2) is 11.5 Å². The van der Waals surface area contributed by atoms with Crippen molar-refractivity contribution in [1.29, 1.82) is 0 Å². The Labute approximate surface area is 146 Å². The molecule has 0 aromatic heterocycles. The maximum Gasteiger partial charge on any atom is 0.254 e. The molecule has 1 aliphatic rings. The van der Waals surface area contributed by atoms with Crippen molar-refractivity contribution >= 4 is 23.7 Å². The number of nitrogens with zero attached hydrogens (tertiary/aromatic N) is 2. The molecule has 1 aliphatic heterocycles. The number of hydrogen-bond acceptors (Lipinski definition) is 6. The normalized spacial score (nSPS) is 15.5. The molecule has 2 rings (SSSR count). The lowest BCUT2D eigenvalue weighted by atomic mass is 10.2. The molecule has 8 heteroatoms. The lowest BCUT2D eigenvalue weighted by Crippen LogP contribution is -2.42. The van der Waals surface area contributed by atoms with Gasteiger partial charge in [-0.3, -0.25) is 9.69 Å². The molecule has 1 aromatic carbocycles. The van der Waals surface area contributed by atoms with Crippen LogP contribution in [0.15, 0.2) is 17.2 Å². The summed E-state index contributed by atoms with van der Waals surface area (Å²) >= 11 is 6.17. The summed E-state index contributed by atoms with van der Waals surface area (Å²) in [6, 6.07) is 3.45. The van der Waals surface area contributed by atoms with E-state index in [0.717, 1.165) is 13.1 Å². The molecule has 0 aliphatic carbocycles. The Morgan fingerprint density at radius 2 is 2.21 bits per heavy atom. The van der Waals surface area contributed by atoms with Gasteiger partial charge < -0.3 is 14.2 Å². The molecule has 1 heterocycles. The summed E-state index contributed by atoms with van der Waals surface area (Å²) in [6.07, 6.45) is 1.52. The zero-order valence-electron chi connectivity index (χ0n) is 13.9. The van der Waals surface area contributed by atoms with Gasteiger partial charge in [0.05, 0.1) is 44.7 Å². The van der Waals surface area contributed by atoms with Crippen LogP contribution in [-0.2, 0) is 9.53 Å². The molecule has 1 N–H and O–H groups in total. The quantitative estimate of drug-likeness (QED) is 0.593. The van der Waals surface area contributed by atoms with Crippen molar-refractivity contribution in [3.05, 3.63) is 22.7 Å². The average molecular weight is 356 g/mol. The molecule has 0 saturated carbocycles. The van der Waals surface area contributed by atoms with E-state index in [1.807, 2.05) is 11.8 Å². The van der Waals surface area contributed by atoms with Gasteiger partial charge in [0.2, 0.25) is 0 Å².